The molecule has 17 heavy (non-hydrogen) atoms. The minimum absolute atomic E-state index is 0.724. The van der Waals surface area contributed by atoms with E-state index in [1.54, 1.807) is 0 Å². The van der Waals surface area contributed by atoms with E-state index in [4.69, 9.17) is 4.74 Å². The molecule has 0 atom stereocenters. The second-order valence-electron chi connectivity index (χ2n) is 4.42. The Hall–Kier alpha value is -1.28. The molecule has 1 N–H and O–H groups in total. The van der Waals surface area contributed by atoms with E-state index in [1.807, 2.05) is 19.1 Å². The summed E-state index contributed by atoms with van der Waals surface area (Å²) in [7, 11) is 0. The van der Waals surface area contributed by atoms with Gasteiger partial charge in [0, 0.05) is 6.04 Å². The maximum atomic E-state index is 5.40. The molecule has 0 amide bonds. The molecule has 1 aliphatic carbocycles. The van der Waals surface area contributed by atoms with E-state index >= 15 is 0 Å². The lowest BCUT2D eigenvalue weighted by atomic mass is 10.2. The smallest absolute Gasteiger partial charge is 0.119 e. The van der Waals surface area contributed by atoms with Gasteiger partial charge in [0.05, 0.1) is 6.61 Å². The summed E-state index contributed by atoms with van der Waals surface area (Å²) in [5, 5.41) is 3.50. The van der Waals surface area contributed by atoms with Crippen molar-refractivity contribution in [2.24, 2.45) is 0 Å². The summed E-state index contributed by atoms with van der Waals surface area (Å²) in [4.78, 5) is 0. The molecule has 2 heteroatoms. The molecule has 0 aromatic heterocycles. The Kier molecular flexibility index (Phi) is 4.63. The number of hydrogen-bond acceptors (Lipinski definition) is 2. The first-order valence-corrected chi connectivity index (χ1v) is 6.51. The molecule has 0 bridgehead atoms. The van der Waals surface area contributed by atoms with Crippen LogP contribution in [0.3, 0.4) is 0 Å². The second-order valence-corrected chi connectivity index (χ2v) is 4.42. The van der Waals surface area contributed by atoms with E-state index in [9.17, 15) is 0 Å². The maximum Gasteiger partial charge on any atom is 0.119 e. The summed E-state index contributed by atoms with van der Waals surface area (Å²) in [6.45, 7) is 3.82. The van der Waals surface area contributed by atoms with Crippen LogP contribution in [0.4, 0.5) is 0 Å². The fourth-order valence-corrected chi connectivity index (χ4v) is 1.72. The summed E-state index contributed by atoms with van der Waals surface area (Å²) in [6.07, 6.45) is 8.23. The lowest BCUT2D eigenvalue weighted by molar-refractivity contribution is 0.340. The van der Waals surface area contributed by atoms with E-state index in [1.165, 1.54) is 18.4 Å². The zero-order valence-electron chi connectivity index (χ0n) is 10.5. The van der Waals surface area contributed by atoms with Crippen molar-refractivity contribution in [3.63, 3.8) is 0 Å². The zero-order chi connectivity index (χ0) is 11.9. The SMILES string of the molecule is CCOc1ccc(C=CCCNC2CC2)cc1. The van der Waals surface area contributed by atoms with Crippen molar-refractivity contribution < 1.29 is 4.74 Å². The third-order valence-corrected chi connectivity index (χ3v) is 2.82. The van der Waals surface area contributed by atoms with Crippen molar-refractivity contribution in [1.29, 1.82) is 0 Å². The summed E-state index contributed by atoms with van der Waals surface area (Å²) >= 11 is 0. The predicted molar refractivity (Wildman–Crippen MR) is 72.3 cm³/mol. The third-order valence-electron chi connectivity index (χ3n) is 2.82. The van der Waals surface area contributed by atoms with Gasteiger partial charge in [-0.3, -0.25) is 0 Å². The van der Waals surface area contributed by atoms with Crippen molar-refractivity contribution in [2.45, 2.75) is 32.2 Å². The van der Waals surface area contributed by atoms with E-state index in [-0.39, 0.29) is 0 Å². The molecule has 2 rings (SSSR count). The Morgan fingerprint density at radius 1 is 1.29 bits per heavy atom. The standard InChI is InChI=1S/C15H21NO/c1-2-17-15-10-6-13(7-11-15)5-3-4-12-16-14-8-9-14/h3,5-7,10-11,14,16H,2,4,8-9,12H2,1H3. The van der Waals surface area contributed by atoms with Crippen LogP contribution in [0.5, 0.6) is 5.75 Å². The quantitative estimate of drug-likeness (QED) is 0.727. The van der Waals surface area contributed by atoms with E-state index in [2.05, 4.69) is 29.6 Å². The Balaban J connectivity index is 1.70. The molecule has 0 spiro atoms. The van der Waals surface area contributed by atoms with Gasteiger partial charge < -0.3 is 10.1 Å². The maximum absolute atomic E-state index is 5.40. The first-order chi connectivity index (χ1) is 8.38. The summed E-state index contributed by atoms with van der Waals surface area (Å²) in [5.41, 5.74) is 1.24. The molecule has 1 saturated carbocycles. The molecule has 0 saturated heterocycles. The molecule has 1 aromatic carbocycles. The molecule has 92 valence electrons. The highest BCUT2D eigenvalue weighted by Gasteiger charge is 2.19. The Bertz CT molecular complexity index is 352. The highest BCUT2D eigenvalue weighted by molar-refractivity contribution is 5.50. The van der Waals surface area contributed by atoms with Crippen molar-refractivity contribution in [2.75, 3.05) is 13.2 Å². The van der Waals surface area contributed by atoms with Crippen LogP contribution in [0.2, 0.25) is 0 Å². The van der Waals surface area contributed by atoms with Gasteiger partial charge in [-0.1, -0.05) is 24.3 Å². The first-order valence-electron chi connectivity index (χ1n) is 6.51. The number of rotatable bonds is 7. The van der Waals surface area contributed by atoms with Gasteiger partial charge in [0.2, 0.25) is 0 Å². The molecule has 0 aliphatic heterocycles. The average molecular weight is 231 g/mol. The van der Waals surface area contributed by atoms with Crippen molar-refractivity contribution in [3.8, 4) is 5.75 Å². The van der Waals surface area contributed by atoms with Crippen molar-refractivity contribution in [3.05, 3.63) is 35.9 Å². The van der Waals surface area contributed by atoms with Crippen LogP contribution in [0.15, 0.2) is 30.3 Å². The lowest BCUT2D eigenvalue weighted by Crippen LogP contribution is -2.16. The average Bonchev–Trinajstić information content (AvgIpc) is 3.15. The molecule has 1 fully saturated rings. The zero-order valence-corrected chi connectivity index (χ0v) is 10.5. The molecule has 0 unspecified atom stereocenters. The van der Waals surface area contributed by atoms with Crippen LogP contribution in [0.25, 0.3) is 6.08 Å². The van der Waals surface area contributed by atoms with Gasteiger partial charge in [-0.2, -0.15) is 0 Å². The Labute approximate surface area is 104 Å². The van der Waals surface area contributed by atoms with E-state index in [0.717, 1.165) is 31.4 Å². The van der Waals surface area contributed by atoms with Crippen LogP contribution in [-0.2, 0) is 0 Å². The van der Waals surface area contributed by atoms with Gasteiger partial charge in [0.15, 0.2) is 0 Å². The molecular formula is C15H21NO. The Morgan fingerprint density at radius 3 is 2.71 bits per heavy atom. The third kappa shape index (κ3) is 4.61. The normalized spacial score (nSPS) is 15.4. The van der Waals surface area contributed by atoms with Gasteiger partial charge in [0.25, 0.3) is 0 Å². The molecule has 1 aliphatic rings. The van der Waals surface area contributed by atoms with E-state index < -0.39 is 0 Å². The number of ether oxygens (including phenoxy) is 1. The van der Waals surface area contributed by atoms with Gasteiger partial charge in [-0.25, -0.2) is 0 Å². The van der Waals surface area contributed by atoms with Gasteiger partial charge in [-0.15, -0.1) is 0 Å². The van der Waals surface area contributed by atoms with Gasteiger partial charge in [0.1, 0.15) is 5.75 Å². The van der Waals surface area contributed by atoms with Crippen LogP contribution < -0.4 is 10.1 Å². The second kappa shape index (κ2) is 6.45. The number of nitrogens with one attached hydrogen (secondary N) is 1. The van der Waals surface area contributed by atoms with Crippen LogP contribution in [-0.4, -0.2) is 19.2 Å². The van der Waals surface area contributed by atoms with Crippen LogP contribution in [0.1, 0.15) is 31.7 Å². The highest BCUT2D eigenvalue weighted by atomic mass is 16.5. The molecule has 1 aromatic rings. The number of hydrogen-bond donors (Lipinski definition) is 1. The van der Waals surface area contributed by atoms with E-state index in [0.29, 0.717) is 0 Å². The molecule has 2 nitrogen and oxygen atoms in total. The largest absolute Gasteiger partial charge is 0.494 e. The summed E-state index contributed by atoms with van der Waals surface area (Å²) in [6, 6.07) is 9.04. The lowest BCUT2D eigenvalue weighted by Gasteiger charge is -2.02. The summed E-state index contributed by atoms with van der Waals surface area (Å²) < 4.78 is 5.40. The molecule has 0 heterocycles. The van der Waals surface area contributed by atoms with Crippen molar-refractivity contribution >= 4 is 6.08 Å². The monoisotopic (exact) mass is 231 g/mol. The highest BCUT2D eigenvalue weighted by Crippen LogP contribution is 2.18. The number of benzene rings is 1. The summed E-state index contributed by atoms with van der Waals surface area (Å²) in [5.74, 6) is 0.944. The molecule has 0 radical (unpaired) electrons. The van der Waals surface area contributed by atoms with Gasteiger partial charge in [-0.05, 0) is 50.4 Å². The minimum atomic E-state index is 0.724. The fraction of sp³-hybridized carbons (Fsp3) is 0.467. The predicted octanol–water partition coefficient (Wildman–Crippen LogP) is 3.24. The Morgan fingerprint density at radius 2 is 2.06 bits per heavy atom. The van der Waals surface area contributed by atoms with Gasteiger partial charge >= 0.3 is 0 Å². The van der Waals surface area contributed by atoms with Crippen LogP contribution in [0, 0.1) is 0 Å². The van der Waals surface area contributed by atoms with Crippen LogP contribution >= 0.6 is 0 Å². The fourth-order valence-electron chi connectivity index (χ4n) is 1.72. The molecular weight excluding hydrogens is 210 g/mol. The minimum Gasteiger partial charge on any atom is -0.494 e. The topological polar surface area (TPSA) is 21.3 Å². The first kappa shape index (κ1) is 12.2. The van der Waals surface area contributed by atoms with Crippen molar-refractivity contribution in [1.82, 2.24) is 5.32 Å².